The van der Waals surface area contributed by atoms with E-state index in [0.29, 0.717) is 12.2 Å². The molecule has 2 fully saturated rings. The van der Waals surface area contributed by atoms with Crippen LogP contribution in [0, 0.1) is 13.8 Å². The molecule has 1 aromatic carbocycles. The lowest BCUT2D eigenvalue weighted by Gasteiger charge is -2.39. The quantitative estimate of drug-likeness (QED) is 0.844. The van der Waals surface area contributed by atoms with Crippen LogP contribution in [0.3, 0.4) is 0 Å². The molecule has 1 amide bonds. The first-order chi connectivity index (χ1) is 14.0. The molecule has 2 aromatic rings. The summed E-state index contributed by atoms with van der Waals surface area (Å²) >= 11 is 0. The summed E-state index contributed by atoms with van der Waals surface area (Å²) in [6, 6.07) is 8.63. The van der Waals surface area contributed by atoms with Gasteiger partial charge in [0.2, 0.25) is 0 Å². The number of rotatable bonds is 5. The van der Waals surface area contributed by atoms with E-state index in [9.17, 15) is 4.79 Å². The highest BCUT2D eigenvalue weighted by molar-refractivity contribution is 5.91. The van der Waals surface area contributed by atoms with Gasteiger partial charge in [-0.3, -0.25) is 14.7 Å². The SMILES string of the molecule is Cc1cnc(C(=O)NCC2CCC3(CCN(Cc4ccccc4C)CC3)O2)cn1. The maximum Gasteiger partial charge on any atom is 0.271 e. The number of nitrogens with one attached hydrogen (secondary N) is 1. The Balaban J connectivity index is 1.24. The molecule has 1 unspecified atom stereocenters. The third-order valence-corrected chi connectivity index (χ3v) is 6.26. The van der Waals surface area contributed by atoms with E-state index in [0.717, 1.165) is 51.0 Å². The minimum absolute atomic E-state index is 0.0126. The Morgan fingerprint density at radius 3 is 2.69 bits per heavy atom. The Labute approximate surface area is 172 Å². The van der Waals surface area contributed by atoms with Crippen LogP contribution >= 0.6 is 0 Å². The molecule has 6 heteroatoms. The van der Waals surface area contributed by atoms with E-state index in [1.54, 1.807) is 6.20 Å². The summed E-state index contributed by atoms with van der Waals surface area (Å²) < 4.78 is 6.44. The summed E-state index contributed by atoms with van der Waals surface area (Å²) in [6.45, 7) is 7.70. The van der Waals surface area contributed by atoms with Crippen LogP contribution in [0.4, 0.5) is 0 Å². The van der Waals surface area contributed by atoms with Crippen LogP contribution < -0.4 is 5.32 Å². The molecule has 2 aliphatic heterocycles. The number of likely N-dealkylation sites (tertiary alicyclic amines) is 1. The molecule has 154 valence electrons. The third-order valence-electron chi connectivity index (χ3n) is 6.26. The Hall–Kier alpha value is -2.31. The topological polar surface area (TPSA) is 67.4 Å². The molecule has 1 spiro atoms. The molecular formula is C23H30N4O2. The lowest BCUT2D eigenvalue weighted by Crippen LogP contribution is -2.45. The van der Waals surface area contributed by atoms with Crippen LogP contribution in [-0.4, -0.2) is 52.1 Å². The maximum absolute atomic E-state index is 12.2. The summed E-state index contributed by atoms with van der Waals surface area (Å²) in [7, 11) is 0. The fraction of sp³-hybridized carbons (Fsp3) is 0.522. The lowest BCUT2D eigenvalue weighted by atomic mass is 9.88. The highest BCUT2D eigenvalue weighted by atomic mass is 16.5. The number of carbonyl (C=O) groups excluding carboxylic acids is 1. The van der Waals surface area contributed by atoms with Crippen molar-refractivity contribution in [2.45, 2.75) is 57.8 Å². The van der Waals surface area contributed by atoms with Gasteiger partial charge >= 0.3 is 0 Å². The minimum Gasteiger partial charge on any atom is -0.370 e. The Bertz CT molecular complexity index is 844. The van der Waals surface area contributed by atoms with Gasteiger partial charge in [-0.2, -0.15) is 0 Å². The second-order valence-electron chi connectivity index (χ2n) is 8.42. The van der Waals surface area contributed by atoms with E-state index < -0.39 is 0 Å². The van der Waals surface area contributed by atoms with Gasteiger partial charge in [0, 0.05) is 32.4 Å². The average molecular weight is 395 g/mol. The van der Waals surface area contributed by atoms with Crippen molar-refractivity contribution in [2.24, 2.45) is 0 Å². The molecular weight excluding hydrogens is 364 g/mol. The predicted octanol–water partition coefficient (Wildman–Crippen LogP) is 3.04. The number of aryl methyl sites for hydroxylation is 2. The van der Waals surface area contributed by atoms with Gasteiger partial charge in [0.15, 0.2) is 0 Å². The number of amides is 1. The van der Waals surface area contributed by atoms with Gasteiger partial charge in [0.25, 0.3) is 5.91 Å². The molecule has 3 heterocycles. The van der Waals surface area contributed by atoms with Crippen LogP contribution in [0.1, 0.15) is 53.0 Å². The summed E-state index contributed by atoms with van der Waals surface area (Å²) in [5, 5.41) is 2.95. The molecule has 1 N–H and O–H groups in total. The molecule has 1 aromatic heterocycles. The standard InChI is InChI=1S/C23H30N4O2/c1-17-5-3-4-6-19(17)16-27-11-9-23(10-12-27)8-7-20(29-23)14-26-22(28)21-15-24-18(2)13-25-21/h3-6,13,15,20H,7-12,14,16H2,1-2H3,(H,26,28). The van der Waals surface area contributed by atoms with E-state index >= 15 is 0 Å². The van der Waals surface area contributed by atoms with Gasteiger partial charge in [-0.05, 0) is 50.7 Å². The second kappa shape index (κ2) is 8.59. The van der Waals surface area contributed by atoms with Gasteiger partial charge < -0.3 is 10.1 Å². The molecule has 0 radical (unpaired) electrons. The van der Waals surface area contributed by atoms with Crippen molar-refractivity contribution in [1.29, 1.82) is 0 Å². The Morgan fingerprint density at radius 1 is 1.17 bits per heavy atom. The van der Waals surface area contributed by atoms with E-state index in [1.807, 2.05) is 6.92 Å². The summed E-state index contributed by atoms with van der Waals surface area (Å²) in [6.07, 6.45) is 7.42. The smallest absolute Gasteiger partial charge is 0.271 e. The van der Waals surface area contributed by atoms with Crippen molar-refractivity contribution in [3.63, 3.8) is 0 Å². The number of carbonyl (C=O) groups is 1. The zero-order valence-electron chi connectivity index (χ0n) is 17.4. The molecule has 0 aliphatic carbocycles. The zero-order chi connectivity index (χ0) is 20.3. The largest absolute Gasteiger partial charge is 0.370 e. The summed E-state index contributed by atoms with van der Waals surface area (Å²) in [5.41, 5.74) is 3.92. The molecule has 2 saturated heterocycles. The third kappa shape index (κ3) is 4.82. The van der Waals surface area contributed by atoms with Gasteiger partial charge in [0.1, 0.15) is 5.69 Å². The van der Waals surface area contributed by atoms with Crippen LogP contribution in [-0.2, 0) is 11.3 Å². The lowest BCUT2D eigenvalue weighted by molar-refractivity contribution is -0.0764. The molecule has 4 rings (SSSR count). The molecule has 1 atom stereocenters. The number of piperidine rings is 1. The Morgan fingerprint density at radius 2 is 1.97 bits per heavy atom. The minimum atomic E-state index is -0.185. The normalized spacial score (nSPS) is 21.4. The van der Waals surface area contributed by atoms with Gasteiger partial charge in [-0.25, -0.2) is 4.98 Å². The van der Waals surface area contributed by atoms with Crippen molar-refractivity contribution in [2.75, 3.05) is 19.6 Å². The number of hydrogen-bond donors (Lipinski definition) is 1. The maximum atomic E-state index is 12.2. The van der Waals surface area contributed by atoms with Crippen LogP contribution in [0.5, 0.6) is 0 Å². The highest BCUT2D eigenvalue weighted by Crippen LogP contribution is 2.39. The first kappa shape index (κ1) is 20.0. The highest BCUT2D eigenvalue weighted by Gasteiger charge is 2.42. The van der Waals surface area contributed by atoms with Crippen LogP contribution in [0.25, 0.3) is 0 Å². The molecule has 0 bridgehead atoms. The van der Waals surface area contributed by atoms with Gasteiger partial charge in [0.05, 0.1) is 23.6 Å². The van der Waals surface area contributed by atoms with Crippen molar-refractivity contribution < 1.29 is 9.53 Å². The second-order valence-corrected chi connectivity index (χ2v) is 8.42. The van der Waals surface area contributed by atoms with Gasteiger partial charge in [-0.15, -0.1) is 0 Å². The Kier molecular flexibility index (Phi) is 5.92. The van der Waals surface area contributed by atoms with Crippen molar-refractivity contribution in [3.05, 3.63) is 59.2 Å². The fourth-order valence-corrected chi connectivity index (χ4v) is 4.36. The number of benzene rings is 1. The summed E-state index contributed by atoms with van der Waals surface area (Å²) in [4.78, 5) is 23.0. The number of hydrogen-bond acceptors (Lipinski definition) is 5. The van der Waals surface area contributed by atoms with E-state index in [-0.39, 0.29) is 17.6 Å². The zero-order valence-corrected chi connectivity index (χ0v) is 17.4. The number of ether oxygens (including phenoxy) is 1. The summed E-state index contributed by atoms with van der Waals surface area (Å²) in [5.74, 6) is -0.185. The number of nitrogens with zero attached hydrogens (tertiary/aromatic N) is 3. The fourth-order valence-electron chi connectivity index (χ4n) is 4.36. The first-order valence-electron chi connectivity index (χ1n) is 10.5. The van der Waals surface area contributed by atoms with Gasteiger partial charge in [-0.1, -0.05) is 24.3 Å². The van der Waals surface area contributed by atoms with Crippen molar-refractivity contribution >= 4 is 5.91 Å². The first-order valence-corrected chi connectivity index (χ1v) is 10.5. The number of aromatic nitrogens is 2. The monoisotopic (exact) mass is 394 g/mol. The van der Waals surface area contributed by atoms with E-state index in [4.69, 9.17) is 4.74 Å². The van der Waals surface area contributed by atoms with E-state index in [1.165, 1.54) is 17.3 Å². The molecule has 2 aliphatic rings. The average Bonchev–Trinajstić information content (AvgIpc) is 3.13. The van der Waals surface area contributed by atoms with Crippen molar-refractivity contribution in [3.8, 4) is 0 Å². The predicted molar refractivity (Wildman–Crippen MR) is 112 cm³/mol. The molecule has 0 saturated carbocycles. The van der Waals surface area contributed by atoms with Crippen LogP contribution in [0.15, 0.2) is 36.7 Å². The molecule has 29 heavy (non-hydrogen) atoms. The van der Waals surface area contributed by atoms with Crippen LogP contribution in [0.2, 0.25) is 0 Å². The molecule has 6 nitrogen and oxygen atoms in total. The van der Waals surface area contributed by atoms with E-state index in [2.05, 4.69) is 51.4 Å². The van der Waals surface area contributed by atoms with Crippen molar-refractivity contribution in [1.82, 2.24) is 20.2 Å².